The summed E-state index contributed by atoms with van der Waals surface area (Å²) in [5, 5.41) is 3.18. The Balaban J connectivity index is 1.95. The summed E-state index contributed by atoms with van der Waals surface area (Å²) in [7, 11) is 1.62. The number of anilines is 1. The Morgan fingerprint density at radius 3 is 2.44 bits per heavy atom. The van der Waals surface area contributed by atoms with Gasteiger partial charge >= 0.3 is 5.97 Å². The number of nitrogens with zero attached hydrogens (tertiary/aromatic N) is 2. The maximum atomic E-state index is 12.3. The van der Waals surface area contributed by atoms with Gasteiger partial charge < -0.3 is 14.8 Å². The Morgan fingerprint density at radius 1 is 1.04 bits per heavy atom. The van der Waals surface area contributed by atoms with Gasteiger partial charge in [-0.3, -0.25) is 0 Å². The molecule has 0 unspecified atom stereocenters. The van der Waals surface area contributed by atoms with E-state index in [9.17, 15) is 4.79 Å². The fourth-order valence-corrected chi connectivity index (χ4v) is 2.49. The molecule has 0 atom stereocenters. The van der Waals surface area contributed by atoms with E-state index in [4.69, 9.17) is 9.47 Å². The Hall–Kier alpha value is -3.15. The number of carbonyl (C=O) groups excluding carboxylic acids is 1. The minimum Gasteiger partial charge on any atom is -0.496 e. The third kappa shape index (κ3) is 3.68. The molecule has 0 fully saturated rings. The van der Waals surface area contributed by atoms with Crippen LogP contribution >= 0.6 is 0 Å². The molecule has 1 aromatic heterocycles. The smallest absolute Gasteiger partial charge is 0.360 e. The van der Waals surface area contributed by atoms with E-state index < -0.39 is 5.97 Å². The first-order valence-electron chi connectivity index (χ1n) is 8.02. The van der Waals surface area contributed by atoms with Crippen molar-refractivity contribution in [3.8, 4) is 5.75 Å². The summed E-state index contributed by atoms with van der Waals surface area (Å²) in [4.78, 5) is 21.2. The number of aromatic nitrogens is 2. The summed E-state index contributed by atoms with van der Waals surface area (Å²) < 4.78 is 10.5. The molecule has 0 amide bonds. The normalized spacial score (nSPS) is 10.5. The average molecular weight is 337 g/mol. The van der Waals surface area contributed by atoms with Crippen LogP contribution in [-0.2, 0) is 11.3 Å². The molecule has 6 nitrogen and oxygen atoms in total. The van der Waals surface area contributed by atoms with Gasteiger partial charge in [0, 0.05) is 12.1 Å². The highest BCUT2D eigenvalue weighted by atomic mass is 16.5. The zero-order valence-electron chi connectivity index (χ0n) is 14.2. The number of hydrogen-bond acceptors (Lipinski definition) is 6. The summed E-state index contributed by atoms with van der Waals surface area (Å²) in [6.45, 7) is 2.48. The average Bonchev–Trinajstić information content (AvgIpc) is 2.66. The number of para-hydroxylation sites is 3. The monoisotopic (exact) mass is 337 g/mol. The molecule has 0 aliphatic carbocycles. The van der Waals surface area contributed by atoms with Crippen molar-refractivity contribution in [1.29, 1.82) is 0 Å². The van der Waals surface area contributed by atoms with Gasteiger partial charge in [0.05, 0.1) is 24.8 Å². The number of rotatable bonds is 6. The van der Waals surface area contributed by atoms with E-state index in [0.717, 1.165) is 11.3 Å². The molecule has 0 aliphatic heterocycles. The number of fused-ring (bicyclic) bond motifs is 1. The van der Waals surface area contributed by atoms with Crippen LogP contribution in [0.2, 0.25) is 0 Å². The number of esters is 1. The van der Waals surface area contributed by atoms with Crippen molar-refractivity contribution < 1.29 is 14.3 Å². The zero-order valence-corrected chi connectivity index (χ0v) is 14.2. The molecule has 0 saturated heterocycles. The third-order valence-corrected chi connectivity index (χ3v) is 3.68. The predicted octanol–water partition coefficient (Wildman–Crippen LogP) is 3.43. The Labute approximate surface area is 145 Å². The van der Waals surface area contributed by atoms with Crippen molar-refractivity contribution >= 4 is 22.8 Å². The van der Waals surface area contributed by atoms with E-state index in [1.165, 1.54) is 0 Å². The van der Waals surface area contributed by atoms with Gasteiger partial charge in [0.1, 0.15) is 5.75 Å². The fourth-order valence-electron chi connectivity index (χ4n) is 2.49. The second-order valence-corrected chi connectivity index (χ2v) is 5.30. The highest BCUT2D eigenvalue weighted by molar-refractivity contribution is 5.95. The van der Waals surface area contributed by atoms with Gasteiger partial charge in [-0.2, -0.15) is 0 Å². The number of ether oxygens (including phenoxy) is 2. The highest BCUT2D eigenvalue weighted by Crippen LogP contribution is 2.21. The van der Waals surface area contributed by atoms with Crippen LogP contribution in [0.25, 0.3) is 11.0 Å². The Morgan fingerprint density at radius 2 is 1.72 bits per heavy atom. The fraction of sp³-hybridized carbons (Fsp3) is 0.211. The maximum Gasteiger partial charge on any atom is 0.360 e. The molecule has 0 spiro atoms. The molecule has 6 heteroatoms. The highest BCUT2D eigenvalue weighted by Gasteiger charge is 2.18. The van der Waals surface area contributed by atoms with E-state index in [0.29, 0.717) is 23.4 Å². The third-order valence-electron chi connectivity index (χ3n) is 3.68. The van der Waals surface area contributed by atoms with Crippen molar-refractivity contribution in [2.24, 2.45) is 0 Å². The molecule has 0 bridgehead atoms. The molecule has 3 aromatic rings. The number of benzene rings is 2. The minimum absolute atomic E-state index is 0.176. The van der Waals surface area contributed by atoms with Crippen LogP contribution in [0.1, 0.15) is 23.0 Å². The van der Waals surface area contributed by atoms with Gasteiger partial charge in [-0.1, -0.05) is 30.3 Å². The lowest BCUT2D eigenvalue weighted by atomic mass is 10.2. The summed E-state index contributed by atoms with van der Waals surface area (Å²) >= 11 is 0. The van der Waals surface area contributed by atoms with Crippen LogP contribution in [-0.4, -0.2) is 29.7 Å². The van der Waals surface area contributed by atoms with Gasteiger partial charge in [0.2, 0.25) is 0 Å². The second kappa shape index (κ2) is 7.61. The largest absolute Gasteiger partial charge is 0.496 e. The van der Waals surface area contributed by atoms with E-state index >= 15 is 0 Å². The molecule has 0 aliphatic rings. The lowest BCUT2D eigenvalue weighted by Crippen LogP contribution is -2.14. The minimum atomic E-state index is -0.497. The number of nitrogens with one attached hydrogen (secondary N) is 1. The van der Waals surface area contributed by atoms with Crippen LogP contribution in [0.4, 0.5) is 5.82 Å². The lowest BCUT2D eigenvalue weighted by molar-refractivity contribution is 0.0520. The van der Waals surface area contributed by atoms with E-state index in [2.05, 4.69) is 15.3 Å². The molecule has 128 valence electrons. The van der Waals surface area contributed by atoms with Gasteiger partial charge in [0.25, 0.3) is 0 Å². The topological polar surface area (TPSA) is 73.3 Å². The quantitative estimate of drug-likeness (QED) is 0.695. The summed E-state index contributed by atoms with van der Waals surface area (Å²) in [6, 6.07) is 15.1. The first kappa shape index (κ1) is 16.7. The molecule has 1 heterocycles. The lowest BCUT2D eigenvalue weighted by Gasteiger charge is -2.13. The first-order valence-corrected chi connectivity index (χ1v) is 8.02. The van der Waals surface area contributed by atoms with Crippen molar-refractivity contribution in [2.45, 2.75) is 13.5 Å². The summed E-state index contributed by atoms with van der Waals surface area (Å²) in [5.74, 6) is 0.660. The summed E-state index contributed by atoms with van der Waals surface area (Å²) in [5.41, 5.74) is 2.48. The second-order valence-electron chi connectivity index (χ2n) is 5.30. The molecule has 1 N–H and O–H groups in total. The van der Waals surface area contributed by atoms with E-state index in [1.807, 2.05) is 48.5 Å². The van der Waals surface area contributed by atoms with Crippen molar-refractivity contribution in [3.63, 3.8) is 0 Å². The van der Waals surface area contributed by atoms with Crippen LogP contribution < -0.4 is 10.1 Å². The van der Waals surface area contributed by atoms with E-state index in [1.54, 1.807) is 14.0 Å². The Kier molecular flexibility index (Phi) is 5.09. The molecule has 0 saturated carbocycles. The SMILES string of the molecule is CCOC(=O)c1nc2ccccc2nc1NCc1ccccc1OC. The number of methoxy groups -OCH3 is 1. The van der Waals surface area contributed by atoms with Crippen LogP contribution in [0, 0.1) is 0 Å². The first-order chi connectivity index (χ1) is 12.2. The van der Waals surface area contributed by atoms with Crippen LogP contribution in [0.5, 0.6) is 5.75 Å². The molecular formula is C19H19N3O3. The van der Waals surface area contributed by atoms with Crippen molar-refractivity contribution in [3.05, 3.63) is 59.8 Å². The molecule has 0 radical (unpaired) electrons. The predicted molar refractivity (Wildman–Crippen MR) is 95.8 cm³/mol. The van der Waals surface area contributed by atoms with Crippen LogP contribution in [0.3, 0.4) is 0 Å². The van der Waals surface area contributed by atoms with E-state index in [-0.39, 0.29) is 12.3 Å². The maximum absolute atomic E-state index is 12.3. The Bertz CT molecular complexity index is 896. The molecule has 3 rings (SSSR count). The molecule has 2 aromatic carbocycles. The number of carbonyl (C=O) groups is 1. The van der Waals surface area contributed by atoms with Crippen molar-refractivity contribution in [2.75, 3.05) is 19.0 Å². The summed E-state index contributed by atoms with van der Waals surface area (Å²) in [6.07, 6.45) is 0. The number of hydrogen-bond donors (Lipinski definition) is 1. The molecule has 25 heavy (non-hydrogen) atoms. The van der Waals surface area contributed by atoms with Crippen LogP contribution in [0.15, 0.2) is 48.5 Å². The van der Waals surface area contributed by atoms with Crippen molar-refractivity contribution in [1.82, 2.24) is 9.97 Å². The van der Waals surface area contributed by atoms with Gasteiger partial charge in [-0.05, 0) is 25.1 Å². The van der Waals surface area contributed by atoms with Gasteiger partial charge in [-0.15, -0.1) is 0 Å². The zero-order chi connectivity index (χ0) is 17.6. The van der Waals surface area contributed by atoms with Gasteiger partial charge in [-0.25, -0.2) is 14.8 Å². The van der Waals surface area contributed by atoms with Gasteiger partial charge in [0.15, 0.2) is 11.5 Å². The standard InChI is InChI=1S/C19H19N3O3/c1-3-25-19(23)17-18(22-15-10-6-5-9-14(15)21-17)20-12-13-8-4-7-11-16(13)24-2/h4-11H,3,12H2,1-2H3,(H,20,22). The molecular weight excluding hydrogens is 318 g/mol.